The van der Waals surface area contributed by atoms with Crippen molar-refractivity contribution in [3.63, 3.8) is 0 Å². The minimum absolute atomic E-state index is 1.10. The van der Waals surface area contributed by atoms with Crippen LogP contribution in [0.3, 0.4) is 0 Å². The molecule has 0 fully saturated rings. The van der Waals surface area contributed by atoms with Gasteiger partial charge in [0.1, 0.15) is 0 Å². The van der Waals surface area contributed by atoms with Crippen LogP contribution in [0.25, 0.3) is 0 Å². The van der Waals surface area contributed by atoms with E-state index in [0.29, 0.717) is 0 Å². The minimum atomic E-state index is -1.82. The summed E-state index contributed by atoms with van der Waals surface area (Å²) < 4.78 is 16.5. The fourth-order valence-corrected chi connectivity index (χ4v) is 4.51. The maximum atomic E-state index is 5.54. The summed E-state index contributed by atoms with van der Waals surface area (Å²) in [6.07, 6.45) is 5.10. The molecule has 0 rings (SSSR count). The average molecular weight is 279 g/mol. The van der Waals surface area contributed by atoms with Gasteiger partial charge in [-0.2, -0.15) is 0 Å². The second-order valence-electron chi connectivity index (χ2n) is 5.42. The zero-order chi connectivity index (χ0) is 13.4. The molecular formula is C12H30O3Si2. The van der Waals surface area contributed by atoms with Gasteiger partial charge in [-0.05, 0) is 31.7 Å². The van der Waals surface area contributed by atoms with Crippen molar-refractivity contribution < 1.29 is 13.3 Å². The molecule has 5 heteroatoms. The van der Waals surface area contributed by atoms with Crippen molar-refractivity contribution >= 4 is 16.9 Å². The van der Waals surface area contributed by atoms with E-state index in [1.807, 2.05) is 7.11 Å². The van der Waals surface area contributed by atoms with Gasteiger partial charge in [0.25, 0.3) is 0 Å². The van der Waals surface area contributed by atoms with Crippen molar-refractivity contribution in [2.75, 3.05) is 21.3 Å². The smallest absolute Gasteiger partial charge is 0.334 e. The van der Waals surface area contributed by atoms with Crippen LogP contribution in [0.4, 0.5) is 0 Å². The lowest BCUT2D eigenvalue weighted by atomic mass is 10.2. The first kappa shape index (κ1) is 17.3. The molecule has 3 nitrogen and oxygen atoms in total. The van der Waals surface area contributed by atoms with Crippen molar-refractivity contribution in [3.8, 4) is 0 Å². The third-order valence-corrected chi connectivity index (χ3v) is 9.23. The number of rotatable bonds is 10. The Morgan fingerprint density at radius 1 is 0.647 bits per heavy atom. The van der Waals surface area contributed by atoms with E-state index in [1.54, 1.807) is 14.2 Å². The van der Waals surface area contributed by atoms with Gasteiger partial charge in [-0.1, -0.05) is 25.7 Å². The zero-order valence-corrected chi connectivity index (χ0v) is 14.5. The minimum Gasteiger partial charge on any atom is -0.420 e. The molecule has 0 atom stereocenters. The van der Waals surface area contributed by atoms with Gasteiger partial charge < -0.3 is 13.3 Å². The lowest BCUT2D eigenvalue weighted by molar-refractivity contribution is 0.248. The Balaban J connectivity index is 3.53. The molecule has 0 aromatic carbocycles. The Kier molecular flexibility index (Phi) is 8.58. The molecule has 0 aliphatic heterocycles. The largest absolute Gasteiger partial charge is 0.420 e. The van der Waals surface area contributed by atoms with Gasteiger partial charge in [0.05, 0.1) is 0 Å². The van der Waals surface area contributed by atoms with Crippen LogP contribution in [0.15, 0.2) is 0 Å². The third-order valence-electron chi connectivity index (χ3n) is 3.58. The van der Waals surface area contributed by atoms with Gasteiger partial charge in [-0.15, -0.1) is 0 Å². The Labute approximate surface area is 109 Å². The zero-order valence-electron chi connectivity index (χ0n) is 12.5. The molecule has 0 spiro atoms. The molecule has 0 saturated carbocycles. The fraction of sp³-hybridized carbons (Fsp3) is 1.00. The Morgan fingerprint density at radius 2 is 1.12 bits per heavy atom. The van der Waals surface area contributed by atoms with Gasteiger partial charge in [0, 0.05) is 21.3 Å². The van der Waals surface area contributed by atoms with Gasteiger partial charge in [0.15, 0.2) is 8.32 Å². The van der Waals surface area contributed by atoms with Crippen molar-refractivity contribution in [1.29, 1.82) is 0 Å². The monoisotopic (exact) mass is 278 g/mol. The van der Waals surface area contributed by atoms with Crippen LogP contribution in [0, 0.1) is 0 Å². The Hall–Kier alpha value is 0.314. The molecule has 17 heavy (non-hydrogen) atoms. The molecule has 0 radical (unpaired) electrons. The highest BCUT2D eigenvalue weighted by Gasteiger charge is 2.27. The second kappa shape index (κ2) is 8.42. The van der Waals surface area contributed by atoms with Gasteiger partial charge in [-0.25, -0.2) is 0 Å². The summed E-state index contributed by atoms with van der Waals surface area (Å²) in [5, 5.41) is 0. The topological polar surface area (TPSA) is 27.7 Å². The predicted molar refractivity (Wildman–Crippen MR) is 78.2 cm³/mol. The molecule has 0 unspecified atom stereocenters. The summed E-state index contributed by atoms with van der Waals surface area (Å²) in [5.74, 6) is 0. The fourth-order valence-electron chi connectivity index (χ4n) is 1.74. The summed E-state index contributed by atoms with van der Waals surface area (Å²) in [5.41, 5.74) is 0. The lowest BCUT2D eigenvalue weighted by Gasteiger charge is -2.22. The van der Waals surface area contributed by atoms with Crippen LogP contribution in [0.5, 0.6) is 0 Å². The van der Waals surface area contributed by atoms with Crippen LogP contribution in [0.2, 0.25) is 31.7 Å². The van der Waals surface area contributed by atoms with Gasteiger partial charge in [0.2, 0.25) is 0 Å². The summed E-state index contributed by atoms with van der Waals surface area (Å²) in [4.78, 5) is 0. The van der Waals surface area contributed by atoms with Crippen molar-refractivity contribution in [2.45, 2.75) is 57.4 Å². The first-order valence-corrected chi connectivity index (χ1v) is 12.2. The molecule has 0 aliphatic carbocycles. The van der Waals surface area contributed by atoms with E-state index in [1.165, 1.54) is 31.7 Å². The second-order valence-corrected chi connectivity index (χ2v) is 13.4. The van der Waals surface area contributed by atoms with E-state index < -0.39 is 16.9 Å². The van der Waals surface area contributed by atoms with E-state index in [2.05, 4.69) is 19.6 Å². The van der Waals surface area contributed by atoms with Crippen LogP contribution in [0.1, 0.15) is 25.7 Å². The first-order chi connectivity index (χ1) is 7.89. The molecule has 0 amide bonds. The summed E-state index contributed by atoms with van der Waals surface area (Å²) in [7, 11) is 2.23. The molecule has 0 aromatic heterocycles. The summed E-state index contributed by atoms with van der Waals surface area (Å²) in [6, 6.07) is 2.37. The number of unbranched alkanes of at least 4 members (excludes halogenated alkanes) is 3. The van der Waals surface area contributed by atoms with Crippen LogP contribution in [-0.2, 0) is 13.3 Å². The van der Waals surface area contributed by atoms with E-state index in [-0.39, 0.29) is 0 Å². The van der Waals surface area contributed by atoms with Gasteiger partial charge in [-0.3, -0.25) is 0 Å². The van der Waals surface area contributed by atoms with Crippen LogP contribution < -0.4 is 0 Å². The highest BCUT2D eigenvalue weighted by molar-refractivity contribution is 6.71. The maximum absolute atomic E-state index is 5.54. The molecule has 0 N–H and O–H groups in total. The van der Waals surface area contributed by atoms with E-state index in [9.17, 15) is 0 Å². The number of hydrogen-bond acceptors (Lipinski definition) is 3. The van der Waals surface area contributed by atoms with E-state index >= 15 is 0 Å². The molecule has 0 heterocycles. The van der Waals surface area contributed by atoms with Crippen molar-refractivity contribution in [1.82, 2.24) is 0 Å². The average Bonchev–Trinajstić information content (AvgIpc) is 2.33. The standard InChI is InChI=1S/C12H30O3Si2/c1-13-16(4,5)11-9-7-8-10-12-17(6,14-2)15-3/h7-12H2,1-6H3. The van der Waals surface area contributed by atoms with Crippen LogP contribution in [-0.4, -0.2) is 38.2 Å². The van der Waals surface area contributed by atoms with E-state index in [0.717, 1.165) is 6.04 Å². The maximum Gasteiger partial charge on any atom is 0.334 e. The third kappa shape index (κ3) is 8.10. The molecule has 0 bridgehead atoms. The van der Waals surface area contributed by atoms with Crippen molar-refractivity contribution in [3.05, 3.63) is 0 Å². The number of hydrogen-bond donors (Lipinski definition) is 0. The normalized spacial score (nSPS) is 13.1. The Morgan fingerprint density at radius 3 is 1.53 bits per heavy atom. The molecule has 0 aliphatic rings. The summed E-state index contributed by atoms with van der Waals surface area (Å²) in [6.45, 7) is 6.70. The quantitative estimate of drug-likeness (QED) is 0.450. The van der Waals surface area contributed by atoms with Crippen LogP contribution >= 0.6 is 0 Å². The Bertz CT molecular complexity index is 194. The van der Waals surface area contributed by atoms with Gasteiger partial charge >= 0.3 is 8.56 Å². The first-order valence-electron chi connectivity index (χ1n) is 6.54. The molecular weight excluding hydrogens is 248 g/mol. The molecule has 104 valence electrons. The highest BCUT2D eigenvalue weighted by atomic mass is 28.4. The lowest BCUT2D eigenvalue weighted by Crippen LogP contribution is -2.35. The molecule has 0 saturated heterocycles. The SMILES string of the molecule is CO[Si](C)(C)CCCCCC[Si](C)(OC)OC. The van der Waals surface area contributed by atoms with E-state index in [4.69, 9.17) is 13.3 Å². The molecule has 0 aromatic rings. The highest BCUT2D eigenvalue weighted by Crippen LogP contribution is 2.19. The van der Waals surface area contributed by atoms with Crippen molar-refractivity contribution in [2.24, 2.45) is 0 Å². The predicted octanol–water partition coefficient (Wildman–Crippen LogP) is 3.76. The summed E-state index contributed by atoms with van der Waals surface area (Å²) >= 11 is 0.